The van der Waals surface area contributed by atoms with Crippen LogP contribution in [-0.2, 0) is 12.1 Å². The topological polar surface area (TPSA) is 67.7 Å². The van der Waals surface area contributed by atoms with Gasteiger partial charge in [-0.25, -0.2) is 4.98 Å². The molecule has 2 aliphatic rings. The van der Waals surface area contributed by atoms with E-state index in [1.165, 1.54) is 7.11 Å². The molecule has 1 aromatic heterocycles. The molecule has 6 nitrogen and oxygen atoms in total. The summed E-state index contributed by atoms with van der Waals surface area (Å²) in [4.78, 5) is 10.8. The highest BCUT2D eigenvalue weighted by Crippen LogP contribution is 2.52. The van der Waals surface area contributed by atoms with Gasteiger partial charge in [-0.05, 0) is 30.4 Å². The van der Waals surface area contributed by atoms with Gasteiger partial charge in [0.15, 0.2) is 0 Å². The first-order chi connectivity index (χ1) is 13.5. The van der Waals surface area contributed by atoms with Crippen molar-refractivity contribution in [2.45, 2.75) is 25.0 Å². The van der Waals surface area contributed by atoms with Crippen LogP contribution < -0.4 is 9.47 Å². The van der Waals surface area contributed by atoms with E-state index in [1.54, 1.807) is 19.4 Å². The van der Waals surface area contributed by atoms with Crippen molar-refractivity contribution in [2.24, 2.45) is 11.8 Å². The number of likely N-dealkylation sites (tertiary alicyclic amines) is 1. The van der Waals surface area contributed by atoms with Crippen molar-refractivity contribution in [3.05, 3.63) is 45.6 Å². The lowest BCUT2D eigenvalue weighted by Crippen LogP contribution is -2.35. The van der Waals surface area contributed by atoms with Crippen LogP contribution in [0.25, 0.3) is 0 Å². The van der Waals surface area contributed by atoms with Gasteiger partial charge in [-0.2, -0.15) is 4.98 Å². The Morgan fingerprint density at radius 1 is 1.25 bits per heavy atom. The number of hydrogen-bond donors (Lipinski definition) is 1. The smallest absolute Gasteiger partial charge is 0.319 e. The summed E-state index contributed by atoms with van der Waals surface area (Å²) in [5, 5.41) is 12.8. The second-order valence-corrected chi connectivity index (χ2v) is 8.30. The van der Waals surface area contributed by atoms with Crippen molar-refractivity contribution in [2.75, 3.05) is 27.3 Å². The molecule has 28 heavy (non-hydrogen) atoms. The van der Waals surface area contributed by atoms with Crippen LogP contribution in [0.2, 0.25) is 10.0 Å². The van der Waals surface area contributed by atoms with Crippen molar-refractivity contribution < 1.29 is 14.6 Å². The maximum absolute atomic E-state index is 11.6. The van der Waals surface area contributed by atoms with Gasteiger partial charge < -0.3 is 14.6 Å². The van der Waals surface area contributed by atoms with Crippen LogP contribution in [0.4, 0.5) is 0 Å². The lowest BCUT2D eigenvalue weighted by molar-refractivity contribution is -0.00971. The first-order valence-electron chi connectivity index (χ1n) is 9.29. The van der Waals surface area contributed by atoms with Crippen LogP contribution in [0.15, 0.2) is 24.4 Å². The van der Waals surface area contributed by atoms with E-state index in [9.17, 15) is 5.11 Å². The summed E-state index contributed by atoms with van der Waals surface area (Å²) in [7, 11) is 3.05. The Bertz CT molecular complexity index is 882. The van der Waals surface area contributed by atoms with Crippen molar-refractivity contribution in [3.8, 4) is 11.9 Å². The zero-order valence-corrected chi connectivity index (χ0v) is 17.4. The molecule has 0 spiro atoms. The third-order valence-corrected chi connectivity index (χ3v) is 6.88. The molecule has 150 valence electrons. The summed E-state index contributed by atoms with van der Waals surface area (Å²) in [5.41, 5.74) is 0.615. The first-order valence-corrected chi connectivity index (χ1v) is 10.0. The second-order valence-electron chi connectivity index (χ2n) is 7.52. The van der Waals surface area contributed by atoms with Crippen molar-refractivity contribution in [1.82, 2.24) is 14.9 Å². The van der Waals surface area contributed by atoms with Gasteiger partial charge in [0.2, 0.25) is 5.88 Å². The molecule has 0 radical (unpaired) electrons. The van der Waals surface area contributed by atoms with E-state index in [0.29, 0.717) is 40.4 Å². The molecule has 4 rings (SSSR count). The molecule has 2 aromatic rings. The molecular weight excluding hydrogens is 401 g/mol. The number of benzene rings is 1. The lowest BCUT2D eigenvalue weighted by atomic mass is 9.83. The van der Waals surface area contributed by atoms with Crippen LogP contribution in [0.1, 0.15) is 24.0 Å². The standard InChI is InChI=1S/C20H23Cl2N3O3/c1-27-18-14(8-23-19(24-18)28-2)20(26)7-6-12-9-25(11-15(12)20)10-13-4-3-5-16(21)17(13)22/h3-5,8,12,15,26H,6-7,9-11H2,1-2H3/t12-,15+,20+/m0/s1. The van der Waals surface area contributed by atoms with E-state index < -0.39 is 5.60 Å². The summed E-state index contributed by atoms with van der Waals surface area (Å²) in [6.45, 7) is 2.38. The molecule has 1 saturated carbocycles. The number of ether oxygens (including phenoxy) is 2. The minimum absolute atomic E-state index is 0.0800. The van der Waals surface area contributed by atoms with Crippen LogP contribution in [0.3, 0.4) is 0 Å². The van der Waals surface area contributed by atoms with E-state index in [2.05, 4.69) is 14.9 Å². The molecule has 2 heterocycles. The second kappa shape index (κ2) is 7.67. The zero-order chi connectivity index (χ0) is 19.9. The van der Waals surface area contributed by atoms with Gasteiger partial charge in [0, 0.05) is 31.7 Å². The summed E-state index contributed by atoms with van der Waals surface area (Å²) >= 11 is 12.5. The van der Waals surface area contributed by atoms with Crippen LogP contribution in [0, 0.1) is 11.8 Å². The van der Waals surface area contributed by atoms with Gasteiger partial charge in [-0.15, -0.1) is 0 Å². The molecule has 0 amide bonds. The van der Waals surface area contributed by atoms with Crippen LogP contribution in [0.5, 0.6) is 11.9 Å². The molecule has 1 N–H and O–H groups in total. The molecule has 1 aromatic carbocycles. The molecule has 1 aliphatic carbocycles. The highest BCUT2D eigenvalue weighted by Gasteiger charge is 2.53. The number of halogens is 2. The minimum atomic E-state index is -1.02. The summed E-state index contributed by atoms with van der Waals surface area (Å²) in [6.07, 6.45) is 3.24. The number of rotatable bonds is 5. The van der Waals surface area contributed by atoms with E-state index in [4.69, 9.17) is 32.7 Å². The van der Waals surface area contributed by atoms with Gasteiger partial charge in [-0.3, -0.25) is 4.90 Å². The van der Waals surface area contributed by atoms with E-state index in [1.807, 2.05) is 12.1 Å². The average molecular weight is 424 g/mol. The third-order valence-electron chi connectivity index (χ3n) is 6.03. The largest absolute Gasteiger partial charge is 0.481 e. The fourth-order valence-corrected chi connectivity index (χ4v) is 5.04. The van der Waals surface area contributed by atoms with Crippen molar-refractivity contribution in [1.29, 1.82) is 0 Å². The summed E-state index contributed by atoms with van der Waals surface area (Å²) in [6, 6.07) is 5.92. The number of nitrogens with zero attached hydrogens (tertiary/aromatic N) is 3. The predicted octanol–water partition coefficient (Wildman–Crippen LogP) is 3.53. The average Bonchev–Trinajstić information content (AvgIpc) is 3.25. The Hall–Kier alpha value is -1.60. The van der Waals surface area contributed by atoms with E-state index in [-0.39, 0.29) is 11.9 Å². The zero-order valence-electron chi connectivity index (χ0n) is 15.9. The molecule has 1 aliphatic heterocycles. The van der Waals surface area contributed by atoms with Gasteiger partial charge in [0.25, 0.3) is 0 Å². The van der Waals surface area contributed by atoms with Crippen LogP contribution >= 0.6 is 23.2 Å². The molecule has 1 saturated heterocycles. The summed E-state index contributed by atoms with van der Waals surface area (Å²) in [5.74, 6) is 0.845. The Labute approximate surface area is 174 Å². The molecule has 0 bridgehead atoms. The summed E-state index contributed by atoms with van der Waals surface area (Å²) < 4.78 is 10.5. The number of fused-ring (bicyclic) bond motifs is 1. The molecular formula is C20H23Cl2N3O3. The normalized spacial score (nSPS) is 27.0. The SMILES string of the molecule is COc1ncc([C@]2(O)CC[C@H]3CN(Cc4cccc(Cl)c4Cl)C[C@H]32)c(OC)n1. The highest BCUT2D eigenvalue weighted by atomic mass is 35.5. The number of methoxy groups -OCH3 is 2. The van der Waals surface area contributed by atoms with Gasteiger partial charge in [0.1, 0.15) is 5.60 Å². The maximum Gasteiger partial charge on any atom is 0.319 e. The lowest BCUT2D eigenvalue weighted by Gasteiger charge is -2.31. The Morgan fingerprint density at radius 3 is 2.82 bits per heavy atom. The molecule has 3 atom stereocenters. The predicted molar refractivity (Wildman–Crippen MR) is 107 cm³/mol. The highest BCUT2D eigenvalue weighted by molar-refractivity contribution is 6.42. The quantitative estimate of drug-likeness (QED) is 0.792. The number of aromatic nitrogens is 2. The van der Waals surface area contributed by atoms with Gasteiger partial charge in [0.05, 0.1) is 29.8 Å². The van der Waals surface area contributed by atoms with E-state index >= 15 is 0 Å². The molecule has 2 fully saturated rings. The third kappa shape index (κ3) is 3.32. The Kier molecular flexibility index (Phi) is 5.40. The minimum Gasteiger partial charge on any atom is -0.481 e. The van der Waals surface area contributed by atoms with Gasteiger partial charge in [-0.1, -0.05) is 35.3 Å². The maximum atomic E-state index is 11.6. The van der Waals surface area contributed by atoms with E-state index in [0.717, 1.165) is 25.1 Å². The molecule has 0 unspecified atom stereocenters. The molecule has 8 heteroatoms. The fourth-order valence-electron chi connectivity index (χ4n) is 4.66. The Morgan fingerprint density at radius 2 is 2.07 bits per heavy atom. The number of hydrogen-bond acceptors (Lipinski definition) is 6. The fraction of sp³-hybridized carbons (Fsp3) is 0.500. The number of aliphatic hydroxyl groups is 1. The first kappa shape index (κ1) is 19.7. The monoisotopic (exact) mass is 423 g/mol. The van der Waals surface area contributed by atoms with Gasteiger partial charge >= 0.3 is 6.01 Å². The van der Waals surface area contributed by atoms with Crippen molar-refractivity contribution >= 4 is 23.2 Å². The van der Waals surface area contributed by atoms with Crippen molar-refractivity contribution in [3.63, 3.8) is 0 Å². The van der Waals surface area contributed by atoms with Crippen LogP contribution in [-0.4, -0.2) is 47.3 Å². The Balaban J connectivity index is 1.57.